The maximum absolute atomic E-state index is 14.0. The Bertz CT molecular complexity index is 463. The Morgan fingerprint density at radius 2 is 1.95 bits per heavy atom. The molecule has 0 aliphatic rings. The molecule has 0 saturated heterocycles. The van der Waals surface area contributed by atoms with Crippen molar-refractivity contribution < 1.29 is 32.5 Å². The number of esters is 1. The number of alkyl halides is 3. The van der Waals surface area contributed by atoms with Gasteiger partial charge < -0.3 is 14.6 Å². The van der Waals surface area contributed by atoms with Gasteiger partial charge in [-0.3, -0.25) is 0 Å². The molecule has 1 aromatic rings. The second-order valence-electron chi connectivity index (χ2n) is 4.14. The zero-order valence-electron chi connectivity index (χ0n) is 11.0. The lowest BCUT2D eigenvalue weighted by atomic mass is 9.90. The van der Waals surface area contributed by atoms with Crippen LogP contribution >= 0.6 is 0 Å². The zero-order valence-corrected chi connectivity index (χ0v) is 11.0. The van der Waals surface area contributed by atoms with Gasteiger partial charge in [-0.2, -0.15) is 8.78 Å². The molecule has 1 N–H and O–H groups in total. The van der Waals surface area contributed by atoms with Crippen LogP contribution in [0.25, 0.3) is 0 Å². The van der Waals surface area contributed by atoms with Crippen LogP contribution in [0.5, 0.6) is 5.75 Å². The molecule has 0 aromatic heterocycles. The minimum Gasteiger partial charge on any atom is -0.464 e. The third-order valence-corrected chi connectivity index (χ3v) is 2.64. The van der Waals surface area contributed by atoms with Gasteiger partial charge in [0.2, 0.25) is 6.17 Å². The molecule has 0 aliphatic carbocycles. The fourth-order valence-corrected chi connectivity index (χ4v) is 1.66. The number of hydrogen-bond acceptors (Lipinski definition) is 4. The summed E-state index contributed by atoms with van der Waals surface area (Å²) in [6, 6.07) is 5.13. The van der Waals surface area contributed by atoms with Crippen molar-refractivity contribution in [3.63, 3.8) is 0 Å². The van der Waals surface area contributed by atoms with Gasteiger partial charge in [0.05, 0.1) is 6.61 Å². The second-order valence-corrected chi connectivity index (χ2v) is 4.14. The largest absolute Gasteiger partial charge is 0.464 e. The molecule has 7 heteroatoms. The van der Waals surface area contributed by atoms with E-state index in [1.807, 2.05) is 0 Å². The van der Waals surface area contributed by atoms with Crippen molar-refractivity contribution in [1.29, 1.82) is 0 Å². The molecule has 0 radical (unpaired) electrons. The summed E-state index contributed by atoms with van der Waals surface area (Å²) in [5.41, 5.74) is -2.61. The Morgan fingerprint density at radius 1 is 1.35 bits per heavy atom. The molecule has 0 fully saturated rings. The predicted molar refractivity (Wildman–Crippen MR) is 64.2 cm³/mol. The van der Waals surface area contributed by atoms with Gasteiger partial charge in [0.25, 0.3) is 0 Å². The summed E-state index contributed by atoms with van der Waals surface area (Å²) < 4.78 is 47.2. The predicted octanol–water partition coefficient (Wildman–Crippen LogP) is 2.40. The topological polar surface area (TPSA) is 55.8 Å². The maximum Gasteiger partial charge on any atom is 0.387 e. The van der Waals surface area contributed by atoms with Crippen LogP contribution in [0, 0.1) is 0 Å². The number of rotatable bonds is 6. The highest BCUT2D eigenvalue weighted by atomic mass is 19.3. The number of hydrogen-bond donors (Lipinski definition) is 1. The molecule has 1 rings (SSSR count). The van der Waals surface area contributed by atoms with Crippen LogP contribution in [-0.2, 0) is 15.1 Å². The lowest BCUT2D eigenvalue weighted by Gasteiger charge is -2.28. The van der Waals surface area contributed by atoms with Gasteiger partial charge in [-0.1, -0.05) is 18.2 Å². The van der Waals surface area contributed by atoms with Crippen molar-refractivity contribution in [2.75, 3.05) is 6.61 Å². The first-order valence-corrected chi connectivity index (χ1v) is 5.88. The molecular formula is C13H15F3O4. The Morgan fingerprint density at radius 3 is 2.50 bits per heavy atom. The molecule has 0 amide bonds. The molecule has 0 aliphatic heterocycles. The molecular weight excluding hydrogens is 277 g/mol. The number of halogens is 3. The molecule has 2 unspecified atom stereocenters. The summed E-state index contributed by atoms with van der Waals surface area (Å²) >= 11 is 0. The third-order valence-electron chi connectivity index (χ3n) is 2.64. The van der Waals surface area contributed by atoms with E-state index in [9.17, 15) is 23.1 Å². The summed E-state index contributed by atoms with van der Waals surface area (Å²) in [5, 5.41) is 10.1. The molecule has 1 aromatic carbocycles. The smallest absolute Gasteiger partial charge is 0.387 e. The third kappa shape index (κ3) is 3.63. The van der Waals surface area contributed by atoms with E-state index < -0.39 is 30.1 Å². The van der Waals surface area contributed by atoms with Crippen LogP contribution < -0.4 is 4.74 Å². The van der Waals surface area contributed by atoms with Crippen LogP contribution in [0.4, 0.5) is 13.2 Å². The lowest BCUT2D eigenvalue weighted by molar-refractivity contribution is -0.160. The lowest BCUT2D eigenvalue weighted by Crippen LogP contribution is -2.40. The fraction of sp³-hybridized carbons (Fsp3) is 0.462. The normalized spacial score (nSPS) is 15.6. The van der Waals surface area contributed by atoms with E-state index in [0.717, 1.165) is 13.0 Å². The minimum atomic E-state index is -3.13. The van der Waals surface area contributed by atoms with E-state index in [4.69, 9.17) is 0 Å². The molecule has 2 atom stereocenters. The van der Waals surface area contributed by atoms with Crippen LogP contribution in [0.3, 0.4) is 0 Å². The van der Waals surface area contributed by atoms with Gasteiger partial charge in [0.15, 0.2) is 0 Å². The van der Waals surface area contributed by atoms with Gasteiger partial charge >= 0.3 is 12.6 Å². The van der Waals surface area contributed by atoms with Gasteiger partial charge in [0.1, 0.15) is 11.4 Å². The van der Waals surface area contributed by atoms with Crippen LogP contribution in [0.2, 0.25) is 0 Å². The summed E-state index contributed by atoms with van der Waals surface area (Å²) in [5.74, 6) is -1.68. The van der Waals surface area contributed by atoms with E-state index in [0.29, 0.717) is 0 Å². The maximum atomic E-state index is 14.0. The Balaban J connectivity index is 3.11. The van der Waals surface area contributed by atoms with Gasteiger partial charge in [-0.25, -0.2) is 9.18 Å². The summed E-state index contributed by atoms with van der Waals surface area (Å²) in [4.78, 5) is 11.4. The summed E-state index contributed by atoms with van der Waals surface area (Å²) in [6.45, 7) is -0.729. The minimum absolute atomic E-state index is 0.0650. The summed E-state index contributed by atoms with van der Waals surface area (Å²) in [7, 11) is 0. The highest BCUT2D eigenvalue weighted by Gasteiger charge is 2.42. The Kier molecular flexibility index (Phi) is 5.38. The Labute approximate surface area is 114 Å². The standard InChI is InChI=1S/C13H15F3O4/c1-3-19-11(17)10(14)13(2,18)8-6-4-5-7-9(8)20-12(15)16/h4-7,10,12,18H,3H2,1-2H3. The van der Waals surface area contributed by atoms with Crippen LogP contribution in [-0.4, -0.2) is 30.5 Å². The number of benzene rings is 1. The molecule has 20 heavy (non-hydrogen) atoms. The Hall–Kier alpha value is -1.76. The number of aliphatic hydroxyl groups is 1. The van der Waals surface area contributed by atoms with Crippen molar-refractivity contribution in [2.45, 2.75) is 32.2 Å². The quantitative estimate of drug-likeness (QED) is 0.818. The number of carbonyl (C=O) groups is 1. The van der Waals surface area contributed by atoms with E-state index in [1.54, 1.807) is 0 Å². The average Bonchev–Trinajstić information content (AvgIpc) is 2.37. The van der Waals surface area contributed by atoms with Crippen LogP contribution in [0.15, 0.2) is 24.3 Å². The highest BCUT2D eigenvalue weighted by molar-refractivity contribution is 5.76. The second kappa shape index (κ2) is 6.60. The van der Waals surface area contributed by atoms with Gasteiger partial charge in [0, 0.05) is 5.56 Å². The van der Waals surface area contributed by atoms with E-state index in [2.05, 4.69) is 9.47 Å². The first kappa shape index (κ1) is 16.3. The average molecular weight is 292 g/mol. The van der Waals surface area contributed by atoms with Crippen molar-refractivity contribution in [3.05, 3.63) is 29.8 Å². The van der Waals surface area contributed by atoms with E-state index in [1.165, 1.54) is 25.1 Å². The van der Waals surface area contributed by atoms with Gasteiger partial charge in [-0.15, -0.1) is 0 Å². The zero-order chi connectivity index (χ0) is 15.3. The molecule has 4 nitrogen and oxygen atoms in total. The van der Waals surface area contributed by atoms with Crippen molar-refractivity contribution in [1.82, 2.24) is 0 Å². The molecule has 0 spiro atoms. The first-order valence-electron chi connectivity index (χ1n) is 5.88. The molecule has 0 bridgehead atoms. The van der Waals surface area contributed by atoms with E-state index in [-0.39, 0.29) is 12.2 Å². The highest BCUT2D eigenvalue weighted by Crippen LogP contribution is 2.35. The number of carbonyl (C=O) groups excluding carboxylic acids is 1. The molecule has 112 valence electrons. The fourth-order valence-electron chi connectivity index (χ4n) is 1.66. The number of ether oxygens (including phenoxy) is 2. The summed E-state index contributed by atoms with van der Waals surface area (Å²) in [6.07, 6.45) is -2.43. The molecule has 0 saturated carbocycles. The van der Waals surface area contributed by atoms with Crippen molar-refractivity contribution in [3.8, 4) is 5.75 Å². The monoisotopic (exact) mass is 292 g/mol. The van der Waals surface area contributed by atoms with Crippen molar-refractivity contribution in [2.24, 2.45) is 0 Å². The number of para-hydroxylation sites is 1. The van der Waals surface area contributed by atoms with Crippen LogP contribution in [0.1, 0.15) is 19.4 Å². The first-order chi connectivity index (χ1) is 9.30. The van der Waals surface area contributed by atoms with Crippen molar-refractivity contribution >= 4 is 5.97 Å². The SMILES string of the molecule is CCOC(=O)C(F)C(C)(O)c1ccccc1OC(F)F. The van der Waals surface area contributed by atoms with E-state index >= 15 is 0 Å². The molecule has 0 heterocycles. The van der Waals surface area contributed by atoms with Gasteiger partial charge in [-0.05, 0) is 19.9 Å².